The largest absolute Gasteiger partial charge is 0.205 e. The summed E-state index contributed by atoms with van der Waals surface area (Å²) in [5, 5.41) is 0.162. The second kappa shape index (κ2) is 5.55. The number of hydrogen-bond acceptors (Lipinski definition) is 1. The van der Waals surface area contributed by atoms with Gasteiger partial charge in [0.1, 0.15) is 5.82 Å². The number of hydrogen-bond donors (Lipinski definition) is 0. The highest BCUT2D eigenvalue weighted by molar-refractivity contribution is 9.09. The summed E-state index contributed by atoms with van der Waals surface area (Å²) in [6.45, 7) is 6.59. The Labute approximate surface area is 130 Å². The zero-order chi connectivity index (χ0) is 14.2. The Morgan fingerprint density at radius 2 is 1.89 bits per heavy atom. The molecule has 0 aliphatic heterocycles. The molecule has 2 rings (SSSR count). The number of thiophene rings is 1. The Morgan fingerprint density at radius 3 is 2.42 bits per heavy atom. The van der Waals surface area contributed by atoms with Crippen LogP contribution in [0.2, 0.25) is 5.02 Å². The third kappa shape index (κ3) is 3.39. The predicted octanol–water partition coefficient (Wildman–Crippen LogP) is 6.32. The zero-order valence-corrected chi connectivity index (χ0v) is 14.2. The molecule has 0 saturated heterocycles. The molecule has 0 radical (unpaired) electrons. The number of benzene rings is 1. The summed E-state index contributed by atoms with van der Waals surface area (Å²) in [4.78, 5) is 2.58. The zero-order valence-electron chi connectivity index (χ0n) is 11.0. The van der Waals surface area contributed by atoms with Crippen LogP contribution in [0.3, 0.4) is 0 Å². The summed E-state index contributed by atoms with van der Waals surface area (Å²) in [7, 11) is 0. The average Bonchev–Trinajstić information content (AvgIpc) is 2.81. The van der Waals surface area contributed by atoms with Gasteiger partial charge in [-0.05, 0) is 35.2 Å². The molecule has 0 amide bonds. The van der Waals surface area contributed by atoms with E-state index in [2.05, 4.69) is 48.8 Å². The molecule has 1 unspecified atom stereocenters. The van der Waals surface area contributed by atoms with Crippen molar-refractivity contribution in [3.8, 4) is 0 Å². The van der Waals surface area contributed by atoms with E-state index in [1.807, 2.05) is 0 Å². The molecule has 0 bridgehead atoms. The molecule has 1 atom stereocenters. The lowest BCUT2D eigenvalue weighted by atomic mass is 9.95. The second-order valence-corrected chi connectivity index (χ2v) is 7.93. The lowest BCUT2D eigenvalue weighted by molar-refractivity contribution is 0.604. The minimum atomic E-state index is -0.383. The molecule has 1 heterocycles. The van der Waals surface area contributed by atoms with Crippen molar-refractivity contribution in [1.82, 2.24) is 0 Å². The lowest BCUT2D eigenvalue weighted by Crippen LogP contribution is -2.07. The maximum absolute atomic E-state index is 13.2. The maximum atomic E-state index is 13.2. The molecule has 0 aliphatic rings. The van der Waals surface area contributed by atoms with Crippen LogP contribution in [0.25, 0.3) is 0 Å². The lowest BCUT2D eigenvalue weighted by Gasteiger charge is -2.15. The van der Waals surface area contributed by atoms with Gasteiger partial charge in [-0.3, -0.25) is 0 Å². The summed E-state index contributed by atoms with van der Waals surface area (Å²) in [6, 6.07) is 9.11. The molecule has 0 N–H and O–H groups in total. The van der Waals surface area contributed by atoms with E-state index in [0.29, 0.717) is 0 Å². The number of halogens is 3. The molecular weight excluding hydrogens is 347 g/mol. The van der Waals surface area contributed by atoms with Gasteiger partial charge in [0.05, 0.1) is 9.85 Å². The van der Waals surface area contributed by atoms with E-state index in [0.717, 1.165) is 5.56 Å². The van der Waals surface area contributed by atoms with Gasteiger partial charge < -0.3 is 0 Å². The normalized spacial score (nSPS) is 13.6. The van der Waals surface area contributed by atoms with Crippen LogP contribution in [-0.4, -0.2) is 0 Å². The Bertz CT molecular complexity index is 586. The SMILES string of the molecule is CC(C)(C)c1ccc(C(Br)c2ccc(F)c(Cl)c2)s1. The van der Waals surface area contributed by atoms with Crippen LogP contribution in [0.15, 0.2) is 30.3 Å². The first kappa shape index (κ1) is 15.0. The van der Waals surface area contributed by atoms with Crippen LogP contribution in [0, 0.1) is 5.82 Å². The Morgan fingerprint density at radius 1 is 1.21 bits per heavy atom. The van der Waals surface area contributed by atoms with Crippen LogP contribution in [0.1, 0.15) is 40.9 Å². The van der Waals surface area contributed by atoms with Crippen molar-refractivity contribution in [2.75, 3.05) is 0 Å². The summed E-state index contributed by atoms with van der Waals surface area (Å²) >= 11 is 11.3. The van der Waals surface area contributed by atoms with Crippen molar-refractivity contribution in [2.45, 2.75) is 31.0 Å². The molecule has 0 spiro atoms. The molecule has 4 heteroatoms. The molecule has 19 heavy (non-hydrogen) atoms. The van der Waals surface area contributed by atoms with Crippen molar-refractivity contribution in [3.63, 3.8) is 0 Å². The van der Waals surface area contributed by atoms with E-state index in [4.69, 9.17) is 11.6 Å². The van der Waals surface area contributed by atoms with Crippen LogP contribution < -0.4 is 0 Å². The van der Waals surface area contributed by atoms with Crippen LogP contribution in [-0.2, 0) is 5.41 Å². The molecule has 2 aromatic rings. The molecule has 1 aromatic heterocycles. The molecule has 0 nitrogen and oxygen atoms in total. The van der Waals surface area contributed by atoms with Gasteiger partial charge in [-0.15, -0.1) is 11.3 Å². The summed E-state index contributed by atoms with van der Waals surface area (Å²) < 4.78 is 13.2. The van der Waals surface area contributed by atoms with Gasteiger partial charge in [-0.2, -0.15) is 0 Å². The van der Waals surface area contributed by atoms with Crippen LogP contribution in [0.5, 0.6) is 0 Å². The Kier molecular flexibility index (Phi) is 4.38. The smallest absolute Gasteiger partial charge is 0.141 e. The average molecular weight is 362 g/mol. The molecule has 0 fully saturated rings. The quantitative estimate of drug-likeness (QED) is 0.549. The van der Waals surface area contributed by atoms with Gasteiger partial charge in [0.25, 0.3) is 0 Å². The van der Waals surface area contributed by atoms with Crippen molar-refractivity contribution in [3.05, 3.63) is 56.5 Å². The van der Waals surface area contributed by atoms with E-state index in [9.17, 15) is 4.39 Å². The first-order valence-electron chi connectivity index (χ1n) is 5.98. The van der Waals surface area contributed by atoms with Crippen molar-refractivity contribution < 1.29 is 4.39 Å². The highest BCUT2D eigenvalue weighted by Gasteiger charge is 2.20. The number of alkyl halides is 1. The third-order valence-electron chi connectivity index (χ3n) is 2.85. The first-order valence-corrected chi connectivity index (χ1v) is 8.09. The van der Waals surface area contributed by atoms with Gasteiger partial charge in [0.15, 0.2) is 0 Å². The minimum Gasteiger partial charge on any atom is -0.205 e. The highest BCUT2D eigenvalue weighted by Crippen LogP contribution is 2.39. The summed E-state index contributed by atoms with van der Waals surface area (Å²) in [6.07, 6.45) is 0. The molecular formula is C15H15BrClFS. The molecule has 102 valence electrons. The fraction of sp³-hybridized carbons (Fsp3) is 0.333. The van der Waals surface area contributed by atoms with Crippen LogP contribution >= 0.6 is 38.9 Å². The maximum Gasteiger partial charge on any atom is 0.141 e. The Hall–Kier alpha value is -0.380. The van der Waals surface area contributed by atoms with E-state index in [1.165, 1.54) is 15.8 Å². The summed E-state index contributed by atoms with van der Waals surface area (Å²) in [5.41, 5.74) is 1.12. The Balaban J connectivity index is 2.31. The van der Waals surface area contributed by atoms with Crippen LogP contribution in [0.4, 0.5) is 4.39 Å². The van der Waals surface area contributed by atoms with Crippen molar-refractivity contribution in [1.29, 1.82) is 0 Å². The summed E-state index contributed by atoms with van der Waals surface area (Å²) in [5.74, 6) is -0.383. The van der Waals surface area contributed by atoms with Gasteiger partial charge in [0, 0.05) is 9.75 Å². The van der Waals surface area contributed by atoms with Gasteiger partial charge in [-0.25, -0.2) is 4.39 Å². The molecule has 1 aromatic carbocycles. The standard InChI is InChI=1S/C15H15BrClFS/c1-15(2,3)13-7-6-12(19-13)14(16)9-4-5-11(18)10(17)8-9/h4-8,14H,1-3H3. The fourth-order valence-corrected chi connectivity index (χ4v) is 3.71. The second-order valence-electron chi connectivity index (χ2n) is 5.49. The molecule has 0 aliphatic carbocycles. The van der Waals surface area contributed by atoms with Gasteiger partial charge in [0.2, 0.25) is 0 Å². The van der Waals surface area contributed by atoms with E-state index in [-0.39, 0.29) is 21.1 Å². The highest BCUT2D eigenvalue weighted by atomic mass is 79.9. The van der Waals surface area contributed by atoms with Gasteiger partial charge >= 0.3 is 0 Å². The van der Waals surface area contributed by atoms with E-state index < -0.39 is 0 Å². The van der Waals surface area contributed by atoms with Crippen molar-refractivity contribution in [2.24, 2.45) is 0 Å². The molecule has 0 saturated carbocycles. The predicted molar refractivity (Wildman–Crippen MR) is 85.2 cm³/mol. The van der Waals surface area contributed by atoms with E-state index in [1.54, 1.807) is 23.5 Å². The monoisotopic (exact) mass is 360 g/mol. The topological polar surface area (TPSA) is 0 Å². The third-order valence-corrected chi connectivity index (χ3v) is 6.04. The first-order chi connectivity index (χ1) is 8.79. The van der Waals surface area contributed by atoms with E-state index >= 15 is 0 Å². The minimum absolute atomic E-state index is 0.0479. The van der Waals surface area contributed by atoms with Gasteiger partial charge in [-0.1, -0.05) is 54.4 Å². The van der Waals surface area contributed by atoms with Crippen molar-refractivity contribution >= 4 is 38.9 Å². The number of rotatable bonds is 2. The fourth-order valence-electron chi connectivity index (χ4n) is 1.73.